The SMILES string of the molecule is COCCNC(=O)c1cccc(CSc2nc(C)cc(N3CCCC3)n2)c1. The smallest absolute Gasteiger partial charge is 0.251 e. The van der Waals surface area contributed by atoms with Gasteiger partial charge >= 0.3 is 0 Å². The molecule has 2 aromatic rings. The number of carbonyl (C=O) groups excluding carboxylic acids is 1. The van der Waals surface area contributed by atoms with E-state index >= 15 is 0 Å². The number of ether oxygens (including phenoxy) is 1. The average molecular weight is 387 g/mol. The van der Waals surface area contributed by atoms with Crippen molar-refractivity contribution in [2.75, 3.05) is 38.3 Å². The molecular weight excluding hydrogens is 360 g/mol. The highest BCUT2D eigenvalue weighted by Crippen LogP contribution is 2.25. The van der Waals surface area contributed by atoms with Crippen molar-refractivity contribution < 1.29 is 9.53 Å². The van der Waals surface area contributed by atoms with E-state index in [1.165, 1.54) is 12.8 Å². The van der Waals surface area contributed by atoms with Crippen molar-refractivity contribution in [2.45, 2.75) is 30.7 Å². The summed E-state index contributed by atoms with van der Waals surface area (Å²) >= 11 is 1.60. The topological polar surface area (TPSA) is 67.3 Å². The Morgan fingerprint density at radius 1 is 1.26 bits per heavy atom. The van der Waals surface area contributed by atoms with Crippen LogP contribution in [0.4, 0.5) is 5.82 Å². The van der Waals surface area contributed by atoms with Gasteiger partial charge in [-0.1, -0.05) is 23.9 Å². The molecule has 27 heavy (non-hydrogen) atoms. The number of rotatable bonds is 8. The molecule has 1 aromatic heterocycles. The third-order valence-electron chi connectivity index (χ3n) is 4.40. The van der Waals surface area contributed by atoms with E-state index in [1.54, 1.807) is 18.9 Å². The van der Waals surface area contributed by atoms with Crippen molar-refractivity contribution in [1.29, 1.82) is 0 Å². The van der Waals surface area contributed by atoms with E-state index in [4.69, 9.17) is 9.72 Å². The van der Waals surface area contributed by atoms with Gasteiger partial charge in [0, 0.05) is 49.8 Å². The van der Waals surface area contributed by atoms with Gasteiger partial charge in [-0.2, -0.15) is 0 Å². The summed E-state index contributed by atoms with van der Waals surface area (Å²) in [6, 6.07) is 9.74. The molecule has 0 spiro atoms. The molecule has 2 heterocycles. The Bertz CT molecular complexity index is 778. The van der Waals surface area contributed by atoms with Crippen LogP contribution in [-0.4, -0.2) is 49.2 Å². The predicted molar refractivity (Wildman–Crippen MR) is 108 cm³/mol. The zero-order valence-corrected chi connectivity index (χ0v) is 16.7. The second-order valence-corrected chi connectivity index (χ2v) is 7.52. The van der Waals surface area contributed by atoms with Crippen LogP contribution in [0, 0.1) is 6.92 Å². The van der Waals surface area contributed by atoms with Crippen LogP contribution in [0.3, 0.4) is 0 Å². The van der Waals surface area contributed by atoms with Crippen LogP contribution in [-0.2, 0) is 10.5 Å². The Morgan fingerprint density at radius 2 is 2.07 bits per heavy atom. The number of aromatic nitrogens is 2. The van der Waals surface area contributed by atoms with E-state index < -0.39 is 0 Å². The zero-order chi connectivity index (χ0) is 19.1. The van der Waals surface area contributed by atoms with Gasteiger partial charge < -0.3 is 15.0 Å². The summed E-state index contributed by atoms with van der Waals surface area (Å²) in [6.45, 7) is 5.16. The first kappa shape index (κ1) is 19.6. The summed E-state index contributed by atoms with van der Waals surface area (Å²) in [7, 11) is 1.62. The Balaban J connectivity index is 1.63. The van der Waals surface area contributed by atoms with Crippen LogP contribution in [0.15, 0.2) is 35.5 Å². The van der Waals surface area contributed by atoms with E-state index in [9.17, 15) is 4.79 Å². The number of thioether (sulfide) groups is 1. The van der Waals surface area contributed by atoms with Gasteiger partial charge in [0.1, 0.15) is 5.82 Å². The molecule has 1 N–H and O–H groups in total. The molecule has 1 saturated heterocycles. The average Bonchev–Trinajstić information content (AvgIpc) is 3.21. The summed E-state index contributed by atoms with van der Waals surface area (Å²) in [4.78, 5) is 23.8. The molecule has 3 rings (SSSR count). The largest absolute Gasteiger partial charge is 0.383 e. The lowest BCUT2D eigenvalue weighted by Gasteiger charge is -2.17. The van der Waals surface area contributed by atoms with Crippen LogP contribution in [0.2, 0.25) is 0 Å². The number of hydrogen-bond donors (Lipinski definition) is 1. The Kier molecular flexibility index (Phi) is 7.06. The van der Waals surface area contributed by atoms with E-state index in [-0.39, 0.29) is 5.91 Å². The molecule has 0 atom stereocenters. The second-order valence-electron chi connectivity index (χ2n) is 6.58. The molecule has 1 aliphatic heterocycles. The van der Waals surface area contributed by atoms with Crippen molar-refractivity contribution in [3.05, 3.63) is 47.2 Å². The Labute approximate surface area is 164 Å². The minimum Gasteiger partial charge on any atom is -0.383 e. The van der Waals surface area contributed by atoms with Gasteiger partial charge in [-0.25, -0.2) is 9.97 Å². The summed E-state index contributed by atoms with van der Waals surface area (Å²) < 4.78 is 4.96. The maximum Gasteiger partial charge on any atom is 0.251 e. The molecule has 0 saturated carbocycles. The normalized spacial score (nSPS) is 13.8. The number of amides is 1. The predicted octanol–water partition coefficient (Wildman–Crippen LogP) is 3.05. The number of hydrogen-bond acceptors (Lipinski definition) is 6. The first-order valence-corrected chi connectivity index (χ1v) is 10.2. The quantitative estimate of drug-likeness (QED) is 0.427. The standard InChI is InChI=1S/C20H26N4O2S/c1-15-12-18(24-9-3-4-10-24)23-20(22-15)27-14-16-6-5-7-17(13-16)19(25)21-8-11-26-2/h5-7,12-13H,3-4,8-11,14H2,1-2H3,(H,21,25). The Hall–Kier alpha value is -2.12. The number of benzene rings is 1. The first-order chi connectivity index (χ1) is 13.2. The van der Waals surface area contributed by atoms with Crippen molar-refractivity contribution in [1.82, 2.24) is 15.3 Å². The molecule has 0 unspecified atom stereocenters. The van der Waals surface area contributed by atoms with E-state index in [2.05, 4.69) is 21.3 Å². The highest BCUT2D eigenvalue weighted by Gasteiger charge is 2.15. The fraction of sp³-hybridized carbons (Fsp3) is 0.450. The van der Waals surface area contributed by atoms with Crippen LogP contribution in [0.5, 0.6) is 0 Å². The van der Waals surface area contributed by atoms with Gasteiger partial charge in [0.2, 0.25) is 0 Å². The number of nitrogens with one attached hydrogen (secondary N) is 1. The molecule has 7 heteroatoms. The molecule has 0 aliphatic carbocycles. The monoisotopic (exact) mass is 386 g/mol. The molecule has 1 aromatic carbocycles. The van der Waals surface area contributed by atoms with Crippen LogP contribution in [0.25, 0.3) is 0 Å². The lowest BCUT2D eigenvalue weighted by atomic mass is 10.1. The van der Waals surface area contributed by atoms with Gasteiger partial charge in [0.05, 0.1) is 6.61 Å². The van der Waals surface area contributed by atoms with Crippen molar-refractivity contribution in [3.8, 4) is 0 Å². The summed E-state index contributed by atoms with van der Waals surface area (Å²) in [5.41, 5.74) is 2.72. The molecule has 0 bridgehead atoms. The van der Waals surface area contributed by atoms with Gasteiger partial charge in [0.25, 0.3) is 5.91 Å². The highest BCUT2D eigenvalue weighted by atomic mass is 32.2. The molecule has 6 nitrogen and oxygen atoms in total. The summed E-state index contributed by atoms with van der Waals surface area (Å²) in [5.74, 6) is 1.66. The van der Waals surface area contributed by atoms with E-state index in [0.717, 1.165) is 41.1 Å². The third kappa shape index (κ3) is 5.68. The maximum atomic E-state index is 12.2. The fourth-order valence-electron chi connectivity index (χ4n) is 3.02. The molecule has 1 fully saturated rings. The van der Waals surface area contributed by atoms with Crippen molar-refractivity contribution in [2.24, 2.45) is 0 Å². The van der Waals surface area contributed by atoms with Crippen molar-refractivity contribution >= 4 is 23.5 Å². The number of carbonyl (C=O) groups is 1. The van der Waals surface area contributed by atoms with Gasteiger partial charge in [0.15, 0.2) is 5.16 Å². The number of aryl methyl sites for hydroxylation is 1. The lowest BCUT2D eigenvalue weighted by molar-refractivity contribution is 0.0937. The van der Waals surface area contributed by atoms with Crippen LogP contribution >= 0.6 is 11.8 Å². The zero-order valence-electron chi connectivity index (χ0n) is 15.9. The van der Waals surface area contributed by atoms with Gasteiger partial charge in [-0.05, 0) is 37.5 Å². The molecule has 1 amide bonds. The molecule has 1 aliphatic rings. The minimum absolute atomic E-state index is 0.0815. The fourth-order valence-corrected chi connectivity index (χ4v) is 3.86. The van der Waals surface area contributed by atoms with Crippen LogP contribution in [0.1, 0.15) is 34.5 Å². The minimum atomic E-state index is -0.0815. The second kappa shape index (κ2) is 9.71. The van der Waals surface area contributed by atoms with Gasteiger partial charge in [-0.3, -0.25) is 4.79 Å². The third-order valence-corrected chi connectivity index (χ3v) is 5.32. The number of anilines is 1. The Morgan fingerprint density at radius 3 is 2.85 bits per heavy atom. The summed E-state index contributed by atoms with van der Waals surface area (Å²) in [6.07, 6.45) is 2.45. The molecule has 0 radical (unpaired) electrons. The highest BCUT2D eigenvalue weighted by molar-refractivity contribution is 7.98. The first-order valence-electron chi connectivity index (χ1n) is 9.25. The van der Waals surface area contributed by atoms with Crippen LogP contribution < -0.4 is 10.2 Å². The van der Waals surface area contributed by atoms with E-state index in [0.29, 0.717) is 18.7 Å². The molecular formula is C20H26N4O2S. The number of nitrogens with zero attached hydrogens (tertiary/aromatic N) is 3. The molecule has 144 valence electrons. The van der Waals surface area contributed by atoms with Crippen molar-refractivity contribution in [3.63, 3.8) is 0 Å². The van der Waals surface area contributed by atoms with Gasteiger partial charge in [-0.15, -0.1) is 0 Å². The van der Waals surface area contributed by atoms with E-state index in [1.807, 2.05) is 31.2 Å². The lowest BCUT2D eigenvalue weighted by Crippen LogP contribution is -2.26. The maximum absolute atomic E-state index is 12.2. The number of methoxy groups -OCH3 is 1. The summed E-state index contributed by atoms with van der Waals surface area (Å²) in [5, 5.41) is 3.63.